The van der Waals surface area contributed by atoms with Gasteiger partial charge >= 0.3 is 0 Å². The van der Waals surface area contributed by atoms with Crippen LogP contribution in [0, 0.1) is 5.92 Å². The topological polar surface area (TPSA) is 97.5 Å². The minimum atomic E-state index is -3.81. The number of rotatable bonds is 5. The van der Waals surface area contributed by atoms with Crippen molar-refractivity contribution in [2.45, 2.75) is 29.1 Å². The van der Waals surface area contributed by atoms with E-state index in [4.69, 9.17) is 5.14 Å². The highest BCUT2D eigenvalue weighted by Crippen LogP contribution is 2.28. The quantitative estimate of drug-likeness (QED) is 0.866. The SMILES string of the molecule is CN(CC1CCC1)S(=O)(=O)c1ccc(S(N)(=O)=O)cc1. The van der Waals surface area contributed by atoms with Gasteiger partial charge in [-0.15, -0.1) is 0 Å². The molecule has 1 aliphatic carbocycles. The summed E-state index contributed by atoms with van der Waals surface area (Å²) in [6.45, 7) is 0.499. The summed E-state index contributed by atoms with van der Waals surface area (Å²) >= 11 is 0. The third kappa shape index (κ3) is 3.20. The van der Waals surface area contributed by atoms with Gasteiger partial charge in [-0.05, 0) is 43.0 Å². The van der Waals surface area contributed by atoms with Gasteiger partial charge in [0.2, 0.25) is 20.0 Å². The number of hydrogen-bond donors (Lipinski definition) is 1. The average Bonchev–Trinajstić information content (AvgIpc) is 2.32. The van der Waals surface area contributed by atoms with Gasteiger partial charge in [0.15, 0.2) is 0 Å². The molecule has 0 amide bonds. The molecule has 1 fully saturated rings. The lowest BCUT2D eigenvalue weighted by molar-refractivity contribution is 0.263. The van der Waals surface area contributed by atoms with Crippen molar-refractivity contribution in [2.75, 3.05) is 13.6 Å². The van der Waals surface area contributed by atoms with Crippen LogP contribution in [0.1, 0.15) is 19.3 Å². The zero-order valence-electron chi connectivity index (χ0n) is 11.2. The zero-order valence-corrected chi connectivity index (χ0v) is 12.8. The molecule has 0 unspecified atom stereocenters. The van der Waals surface area contributed by atoms with Gasteiger partial charge < -0.3 is 0 Å². The summed E-state index contributed by atoms with van der Waals surface area (Å²) in [6, 6.07) is 4.96. The third-order valence-electron chi connectivity index (χ3n) is 3.60. The summed E-state index contributed by atoms with van der Waals surface area (Å²) in [6.07, 6.45) is 3.27. The van der Waals surface area contributed by atoms with Gasteiger partial charge in [-0.1, -0.05) is 6.42 Å². The molecule has 2 N–H and O–H groups in total. The highest BCUT2D eigenvalue weighted by Gasteiger charge is 2.26. The first-order valence-electron chi connectivity index (χ1n) is 6.30. The number of hydrogen-bond acceptors (Lipinski definition) is 4. The predicted molar refractivity (Wildman–Crippen MR) is 75.0 cm³/mol. The van der Waals surface area contributed by atoms with Gasteiger partial charge in [0.05, 0.1) is 9.79 Å². The van der Waals surface area contributed by atoms with Crippen LogP contribution in [0.15, 0.2) is 34.1 Å². The Morgan fingerprint density at radius 1 is 1.10 bits per heavy atom. The molecule has 2 rings (SSSR count). The molecule has 0 aromatic heterocycles. The predicted octanol–water partition coefficient (Wildman–Crippen LogP) is 0.755. The van der Waals surface area contributed by atoms with Crippen LogP contribution in [0.3, 0.4) is 0 Å². The molecule has 0 heterocycles. The van der Waals surface area contributed by atoms with Crippen molar-refractivity contribution in [3.05, 3.63) is 24.3 Å². The second-order valence-electron chi connectivity index (χ2n) is 5.10. The summed E-state index contributed by atoms with van der Waals surface area (Å²) in [7, 11) is -5.84. The average molecular weight is 318 g/mol. The molecule has 0 aliphatic heterocycles. The molecule has 20 heavy (non-hydrogen) atoms. The summed E-state index contributed by atoms with van der Waals surface area (Å²) < 4.78 is 48.2. The summed E-state index contributed by atoms with van der Waals surface area (Å²) in [4.78, 5) is -0.0233. The molecular formula is C12H18N2O4S2. The number of primary sulfonamides is 1. The second kappa shape index (κ2) is 5.44. The normalized spacial score (nSPS) is 17.1. The van der Waals surface area contributed by atoms with Gasteiger partial charge in [0, 0.05) is 13.6 Å². The minimum absolute atomic E-state index is 0.0757. The van der Waals surface area contributed by atoms with E-state index in [1.165, 1.54) is 28.6 Å². The molecule has 0 bridgehead atoms. The van der Waals surface area contributed by atoms with E-state index in [0.717, 1.165) is 19.3 Å². The van der Waals surface area contributed by atoms with Crippen LogP contribution < -0.4 is 5.14 Å². The molecular weight excluding hydrogens is 300 g/mol. The van der Waals surface area contributed by atoms with Crippen LogP contribution in [0.2, 0.25) is 0 Å². The molecule has 112 valence electrons. The highest BCUT2D eigenvalue weighted by molar-refractivity contribution is 7.89. The van der Waals surface area contributed by atoms with Crippen LogP contribution in [-0.2, 0) is 20.0 Å². The molecule has 1 aromatic rings. The number of sulfonamides is 2. The van der Waals surface area contributed by atoms with Crippen LogP contribution in [0.4, 0.5) is 0 Å². The lowest BCUT2D eigenvalue weighted by atomic mass is 9.86. The van der Waals surface area contributed by atoms with Gasteiger partial charge in [0.25, 0.3) is 0 Å². The molecule has 1 saturated carbocycles. The second-order valence-corrected chi connectivity index (χ2v) is 8.71. The summed E-state index contributed by atoms with van der Waals surface area (Å²) in [5.74, 6) is 0.429. The fourth-order valence-electron chi connectivity index (χ4n) is 2.12. The van der Waals surface area contributed by atoms with Crippen LogP contribution in [0.25, 0.3) is 0 Å². The van der Waals surface area contributed by atoms with Gasteiger partial charge in [-0.2, -0.15) is 0 Å². The van der Waals surface area contributed by atoms with E-state index in [9.17, 15) is 16.8 Å². The molecule has 8 heteroatoms. The Morgan fingerprint density at radius 2 is 1.60 bits per heavy atom. The van der Waals surface area contributed by atoms with Crippen molar-refractivity contribution in [2.24, 2.45) is 11.1 Å². The standard InChI is InChI=1S/C12H18N2O4S2/c1-14(9-10-3-2-4-10)20(17,18)12-7-5-11(6-8-12)19(13,15)16/h5-8,10H,2-4,9H2,1H3,(H2,13,15,16). The zero-order chi connectivity index (χ0) is 15.0. The lowest BCUT2D eigenvalue weighted by Gasteiger charge is -2.29. The third-order valence-corrected chi connectivity index (χ3v) is 6.37. The summed E-state index contributed by atoms with van der Waals surface area (Å²) in [5.41, 5.74) is 0. The molecule has 1 aliphatic rings. The van der Waals surface area contributed by atoms with E-state index in [-0.39, 0.29) is 9.79 Å². The Morgan fingerprint density at radius 3 is 2.00 bits per heavy atom. The van der Waals surface area contributed by atoms with E-state index in [1.54, 1.807) is 7.05 Å². The van der Waals surface area contributed by atoms with E-state index in [2.05, 4.69) is 0 Å². The van der Waals surface area contributed by atoms with E-state index in [1.807, 2.05) is 0 Å². The summed E-state index contributed by atoms with van der Waals surface area (Å²) in [5, 5.41) is 4.98. The van der Waals surface area contributed by atoms with Crippen LogP contribution >= 0.6 is 0 Å². The first-order valence-corrected chi connectivity index (χ1v) is 9.29. The van der Waals surface area contributed by atoms with Crippen molar-refractivity contribution in [1.29, 1.82) is 0 Å². The van der Waals surface area contributed by atoms with Crippen molar-refractivity contribution < 1.29 is 16.8 Å². The molecule has 0 radical (unpaired) electrons. The smallest absolute Gasteiger partial charge is 0.225 e. The Kier molecular flexibility index (Phi) is 4.19. The highest BCUT2D eigenvalue weighted by atomic mass is 32.2. The van der Waals surface area contributed by atoms with E-state index in [0.29, 0.717) is 12.5 Å². The van der Waals surface area contributed by atoms with Crippen molar-refractivity contribution >= 4 is 20.0 Å². The maximum absolute atomic E-state index is 12.3. The fourth-order valence-corrected chi connectivity index (χ4v) is 3.88. The molecule has 0 saturated heterocycles. The monoisotopic (exact) mass is 318 g/mol. The van der Waals surface area contributed by atoms with Gasteiger partial charge in [-0.3, -0.25) is 0 Å². The fraction of sp³-hybridized carbons (Fsp3) is 0.500. The Labute approximate surface area is 119 Å². The largest absolute Gasteiger partial charge is 0.242 e. The van der Waals surface area contributed by atoms with Crippen LogP contribution in [0.5, 0.6) is 0 Å². The minimum Gasteiger partial charge on any atom is -0.225 e. The Balaban J connectivity index is 2.20. The maximum Gasteiger partial charge on any atom is 0.242 e. The maximum atomic E-state index is 12.3. The molecule has 0 atom stereocenters. The van der Waals surface area contributed by atoms with Crippen molar-refractivity contribution in [3.63, 3.8) is 0 Å². The molecule has 0 spiro atoms. The molecule has 6 nitrogen and oxygen atoms in total. The Bertz CT molecular complexity index is 677. The Hall–Kier alpha value is -0.960. The van der Waals surface area contributed by atoms with Crippen LogP contribution in [-0.4, -0.2) is 34.7 Å². The number of nitrogens with zero attached hydrogens (tertiary/aromatic N) is 1. The lowest BCUT2D eigenvalue weighted by Crippen LogP contribution is -2.34. The van der Waals surface area contributed by atoms with Crippen molar-refractivity contribution in [1.82, 2.24) is 4.31 Å². The van der Waals surface area contributed by atoms with Gasteiger partial charge in [0.1, 0.15) is 0 Å². The number of nitrogens with two attached hydrogens (primary N) is 1. The van der Waals surface area contributed by atoms with Gasteiger partial charge in [-0.25, -0.2) is 26.3 Å². The first kappa shape index (κ1) is 15.4. The first-order chi connectivity index (χ1) is 9.21. The van der Waals surface area contributed by atoms with Crippen molar-refractivity contribution in [3.8, 4) is 0 Å². The van der Waals surface area contributed by atoms with E-state index < -0.39 is 20.0 Å². The van der Waals surface area contributed by atoms with E-state index >= 15 is 0 Å². The number of benzene rings is 1. The molecule has 1 aromatic carbocycles.